The summed E-state index contributed by atoms with van der Waals surface area (Å²) < 4.78 is 7.68. The summed E-state index contributed by atoms with van der Waals surface area (Å²) >= 11 is 8.15. The molecule has 0 radical (unpaired) electrons. The fourth-order valence-electron chi connectivity index (χ4n) is 10.3. The summed E-state index contributed by atoms with van der Waals surface area (Å²) in [4.78, 5) is 56.1. The van der Waals surface area contributed by atoms with Crippen molar-refractivity contribution < 1.29 is 19.2 Å². The van der Waals surface area contributed by atoms with E-state index in [9.17, 15) is 19.5 Å². The number of β-amino-alcohol motifs (C(OH)–C–C–N with tert-alkyl or cyclic N) is 1. The van der Waals surface area contributed by atoms with Crippen molar-refractivity contribution in [1.82, 2.24) is 34.8 Å². The van der Waals surface area contributed by atoms with Crippen LogP contribution < -0.4 is 10.9 Å². The maximum absolute atomic E-state index is 14.4. The van der Waals surface area contributed by atoms with Crippen LogP contribution >= 0.6 is 22.9 Å². The normalized spacial score (nSPS) is 19.7. The molecule has 0 saturated carbocycles. The van der Waals surface area contributed by atoms with Gasteiger partial charge in [-0.2, -0.15) is 4.98 Å². The third kappa shape index (κ3) is 7.91. The number of piperidine rings is 1. The van der Waals surface area contributed by atoms with Crippen LogP contribution in [-0.4, -0.2) is 84.7 Å². The number of hydrogen-bond donors (Lipinski definition) is 2. The molecule has 63 heavy (non-hydrogen) atoms. The Kier molecular flexibility index (Phi) is 11.7. The molecule has 2 saturated heterocycles. The van der Waals surface area contributed by atoms with E-state index in [1.54, 1.807) is 23.5 Å². The van der Waals surface area contributed by atoms with Crippen molar-refractivity contribution in [3.63, 3.8) is 0 Å². The van der Waals surface area contributed by atoms with Crippen LogP contribution in [0.3, 0.4) is 0 Å². The number of halogens is 1. The summed E-state index contributed by atoms with van der Waals surface area (Å²) in [6, 6.07) is 21.0. The highest BCUT2D eigenvalue weighted by Crippen LogP contribution is 2.48. The molecule has 4 atom stereocenters. The zero-order valence-electron chi connectivity index (χ0n) is 36.6. The second-order valence-corrected chi connectivity index (χ2v) is 19.7. The minimum absolute atomic E-state index is 0.0729. The van der Waals surface area contributed by atoms with E-state index >= 15 is 0 Å². The third-order valence-electron chi connectivity index (χ3n) is 13.5. The van der Waals surface area contributed by atoms with Gasteiger partial charge in [-0.25, -0.2) is 4.98 Å². The fourth-order valence-corrected chi connectivity index (χ4v) is 11.4. The number of nitrogens with zero attached hydrogens (tertiary/aromatic N) is 6. The molecule has 12 nitrogen and oxygen atoms in total. The van der Waals surface area contributed by atoms with Gasteiger partial charge in [-0.1, -0.05) is 73.1 Å². The number of aliphatic hydroxyl groups excluding tert-OH is 1. The minimum Gasteiger partial charge on any atom is -0.391 e. The fraction of sp³-hybridized carbons (Fsp3) is 0.429. The molecule has 3 aliphatic rings. The molecule has 0 spiro atoms. The van der Waals surface area contributed by atoms with Gasteiger partial charge in [0.2, 0.25) is 11.8 Å². The number of likely N-dealkylation sites (tertiary alicyclic amines) is 2. The Morgan fingerprint density at radius 1 is 1.05 bits per heavy atom. The molecule has 0 aliphatic carbocycles. The summed E-state index contributed by atoms with van der Waals surface area (Å²) in [5.41, 5.74) is 9.09. The van der Waals surface area contributed by atoms with Crippen LogP contribution in [0.15, 0.2) is 81.6 Å². The van der Waals surface area contributed by atoms with Gasteiger partial charge in [0.15, 0.2) is 0 Å². The van der Waals surface area contributed by atoms with E-state index < -0.39 is 23.5 Å². The van der Waals surface area contributed by atoms with Gasteiger partial charge in [0, 0.05) is 25.6 Å². The molecule has 3 aromatic heterocycles. The number of carbonyl (C=O) groups excluding carboxylic acids is 2. The Morgan fingerprint density at radius 2 is 1.79 bits per heavy atom. The van der Waals surface area contributed by atoms with Crippen LogP contribution in [0.5, 0.6) is 0 Å². The van der Waals surface area contributed by atoms with E-state index in [1.165, 1.54) is 16.0 Å². The first kappa shape index (κ1) is 43.1. The van der Waals surface area contributed by atoms with Gasteiger partial charge in [0.1, 0.15) is 23.5 Å². The Morgan fingerprint density at radius 3 is 2.48 bits per heavy atom. The molecule has 3 aromatic carbocycles. The molecule has 2 N–H and O–H groups in total. The molecular formula is C49H54ClN7O5S. The van der Waals surface area contributed by atoms with E-state index in [2.05, 4.69) is 86.2 Å². The minimum atomic E-state index is -0.832. The van der Waals surface area contributed by atoms with E-state index in [4.69, 9.17) is 16.1 Å². The van der Waals surface area contributed by atoms with Crippen LogP contribution in [0.4, 0.5) is 0 Å². The Balaban J connectivity index is 0.932. The average Bonchev–Trinajstić information content (AvgIpc) is 4.05. The van der Waals surface area contributed by atoms with Crippen LogP contribution in [0.1, 0.15) is 111 Å². The number of carbonyl (C=O) groups is 2. The molecule has 9 rings (SSSR count). The van der Waals surface area contributed by atoms with Crippen LogP contribution in [0.25, 0.3) is 27.0 Å². The number of aryl methyl sites for hydroxylation is 2. The molecule has 3 aliphatic heterocycles. The smallest absolute Gasteiger partial charge is 0.282 e. The van der Waals surface area contributed by atoms with Crippen LogP contribution in [0.2, 0.25) is 5.02 Å². The molecular weight excluding hydrogens is 834 g/mol. The summed E-state index contributed by atoms with van der Waals surface area (Å²) in [7, 11) is 0. The standard InChI is InChI=1S/C49H54ClN7O5S/c1-27(2)41(40-23-28(3)54-62-40)47(61)56-25-33(58)24-39(56)45(59)52-36(31-13-15-32(16-14-31)44-29(4)51-26-63-44)19-22-55-20-17-30(18-21-55)34-9-7-12-38-43(34)49(5,6)48-53-46(60)42-35(50)10-8-11-37(42)57(38)48/h7-16,23,26-27,30,33,36,39,41,58H,17-22,24-25H2,1-6H3,(H,52,59)/t33-,36+,39+,41-/m1/s1. The molecule has 0 unspecified atom stereocenters. The maximum atomic E-state index is 14.4. The van der Waals surface area contributed by atoms with E-state index in [-0.39, 0.29) is 42.3 Å². The van der Waals surface area contributed by atoms with E-state index in [0.29, 0.717) is 34.2 Å². The van der Waals surface area contributed by atoms with Gasteiger partial charge in [-0.3, -0.25) is 19.0 Å². The number of aromatic nitrogens is 4. The predicted molar refractivity (Wildman–Crippen MR) is 246 cm³/mol. The van der Waals surface area contributed by atoms with Gasteiger partial charge >= 0.3 is 0 Å². The molecule has 14 heteroatoms. The molecule has 2 fully saturated rings. The molecule has 2 amide bonds. The zero-order chi connectivity index (χ0) is 44.3. The van der Waals surface area contributed by atoms with Gasteiger partial charge < -0.3 is 24.7 Å². The second kappa shape index (κ2) is 17.1. The highest BCUT2D eigenvalue weighted by molar-refractivity contribution is 7.13. The van der Waals surface area contributed by atoms with Crippen molar-refractivity contribution in [3.8, 4) is 16.1 Å². The monoisotopic (exact) mass is 887 g/mol. The lowest BCUT2D eigenvalue weighted by molar-refractivity contribution is -0.141. The van der Waals surface area contributed by atoms with Gasteiger partial charge in [0.25, 0.3) is 5.56 Å². The number of aliphatic hydroxyl groups is 1. The van der Waals surface area contributed by atoms with Crippen molar-refractivity contribution in [2.45, 2.75) is 103 Å². The van der Waals surface area contributed by atoms with Crippen LogP contribution in [-0.2, 0) is 15.0 Å². The topological polar surface area (TPSA) is 147 Å². The van der Waals surface area contributed by atoms with Crippen molar-refractivity contribution in [1.29, 1.82) is 0 Å². The number of thiazole rings is 1. The number of hydrogen-bond acceptors (Lipinski definition) is 10. The Hall–Kier alpha value is -5.21. The van der Waals surface area contributed by atoms with E-state index in [0.717, 1.165) is 71.2 Å². The number of fused-ring (bicyclic) bond motifs is 5. The average molecular weight is 889 g/mol. The molecule has 328 valence electrons. The van der Waals surface area contributed by atoms with Gasteiger partial charge in [-0.05, 0) is 112 Å². The Bertz CT molecular complexity index is 2750. The first-order valence-corrected chi connectivity index (χ1v) is 23.3. The summed E-state index contributed by atoms with van der Waals surface area (Å²) in [6.45, 7) is 14.6. The van der Waals surface area contributed by atoms with E-state index in [1.807, 2.05) is 45.3 Å². The highest BCUT2D eigenvalue weighted by Gasteiger charge is 2.44. The van der Waals surface area contributed by atoms with Crippen molar-refractivity contribution in [2.75, 3.05) is 26.2 Å². The zero-order valence-corrected chi connectivity index (χ0v) is 38.2. The molecule has 0 bridgehead atoms. The lowest BCUT2D eigenvalue weighted by Gasteiger charge is -2.35. The lowest BCUT2D eigenvalue weighted by Crippen LogP contribution is -2.49. The highest BCUT2D eigenvalue weighted by atomic mass is 35.5. The van der Waals surface area contributed by atoms with Crippen molar-refractivity contribution in [3.05, 3.63) is 127 Å². The van der Waals surface area contributed by atoms with Gasteiger partial charge in [0.05, 0.1) is 60.9 Å². The quantitative estimate of drug-likeness (QED) is 0.131. The lowest BCUT2D eigenvalue weighted by atomic mass is 9.77. The largest absolute Gasteiger partial charge is 0.391 e. The van der Waals surface area contributed by atoms with Crippen LogP contribution in [0, 0.1) is 19.8 Å². The summed E-state index contributed by atoms with van der Waals surface area (Å²) in [5.74, 6) is 0.233. The van der Waals surface area contributed by atoms with Gasteiger partial charge in [-0.15, -0.1) is 11.3 Å². The second-order valence-electron chi connectivity index (χ2n) is 18.4. The third-order valence-corrected chi connectivity index (χ3v) is 14.8. The number of amides is 2. The number of benzene rings is 3. The van der Waals surface area contributed by atoms with Crippen molar-refractivity contribution >= 4 is 45.7 Å². The number of rotatable bonds is 11. The first-order valence-electron chi connectivity index (χ1n) is 22.0. The SMILES string of the molecule is Cc1cc([C@H](C(=O)N2C[C@H](O)C[C@H]2C(=O)N[C@@H](CCN2CCC(c3cccc4c3C(C)(C)c3nc(=O)c5c(Cl)cccc5n3-4)CC2)c2ccc(-c3scnc3C)cc2)C(C)C)on1. The van der Waals surface area contributed by atoms with Crippen molar-refractivity contribution in [2.24, 2.45) is 5.92 Å². The summed E-state index contributed by atoms with van der Waals surface area (Å²) in [5, 5.41) is 19.1. The molecule has 6 aromatic rings. The molecule has 6 heterocycles. The summed E-state index contributed by atoms with van der Waals surface area (Å²) in [6.07, 6.45) is 1.91. The maximum Gasteiger partial charge on any atom is 0.282 e. The first-order chi connectivity index (χ1) is 30.2. The predicted octanol–water partition coefficient (Wildman–Crippen LogP) is 8.24. The Labute approximate surface area is 376 Å². The number of nitrogens with one attached hydrogen (secondary N) is 1.